The van der Waals surface area contributed by atoms with E-state index in [4.69, 9.17) is 4.74 Å². The van der Waals surface area contributed by atoms with Gasteiger partial charge in [0.15, 0.2) is 0 Å². The van der Waals surface area contributed by atoms with E-state index >= 15 is 0 Å². The zero-order chi connectivity index (χ0) is 10.6. The van der Waals surface area contributed by atoms with Crippen LogP contribution >= 0.6 is 31.9 Å². The lowest BCUT2D eigenvalue weighted by atomic mass is 10.1. The van der Waals surface area contributed by atoms with E-state index in [1.54, 1.807) is 6.92 Å². The van der Waals surface area contributed by atoms with Crippen molar-refractivity contribution in [2.24, 2.45) is 0 Å². The van der Waals surface area contributed by atoms with Crippen molar-refractivity contribution in [1.82, 2.24) is 0 Å². The minimum atomic E-state index is -0.379. The van der Waals surface area contributed by atoms with E-state index in [2.05, 4.69) is 31.9 Å². The summed E-state index contributed by atoms with van der Waals surface area (Å²) in [7, 11) is 0. The summed E-state index contributed by atoms with van der Waals surface area (Å²) in [5, 5.41) is 0. The van der Waals surface area contributed by atoms with Crippen LogP contribution in [0.5, 0.6) is 0 Å². The van der Waals surface area contributed by atoms with Crippen LogP contribution in [0.25, 0.3) is 0 Å². The summed E-state index contributed by atoms with van der Waals surface area (Å²) in [6.07, 6.45) is 0. The Bertz CT molecular complexity index is 308. The Morgan fingerprint density at radius 1 is 1.43 bits per heavy atom. The maximum absolute atomic E-state index is 11.3. The van der Waals surface area contributed by atoms with E-state index in [9.17, 15) is 4.79 Å². The van der Waals surface area contributed by atoms with E-state index in [-0.39, 0.29) is 10.8 Å². The van der Waals surface area contributed by atoms with Crippen molar-refractivity contribution in [2.45, 2.75) is 11.8 Å². The molecule has 0 spiro atoms. The second-order valence-electron chi connectivity index (χ2n) is 2.67. The average Bonchev–Trinajstić information content (AvgIpc) is 2.18. The molecular formula is C10H10Br2O2. The standard InChI is InChI=1S/C10H10Br2O2/c1-2-14-10(13)9(12)7-3-5-8(11)6-4-7/h3-6,9H,2H2,1H3/t9-/m0/s1. The van der Waals surface area contributed by atoms with Gasteiger partial charge in [0, 0.05) is 4.47 Å². The summed E-state index contributed by atoms with van der Waals surface area (Å²) in [5.74, 6) is -0.255. The molecule has 1 aromatic carbocycles. The monoisotopic (exact) mass is 320 g/mol. The third-order valence-corrected chi connectivity index (χ3v) is 3.09. The first-order valence-electron chi connectivity index (χ1n) is 4.21. The van der Waals surface area contributed by atoms with Gasteiger partial charge >= 0.3 is 5.97 Å². The topological polar surface area (TPSA) is 26.3 Å². The lowest BCUT2D eigenvalue weighted by molar-refractivity contribution is -0.142. The molecule has 0 amide bonds. The number of hydrogen-bond acceptors (Lipinski definition) is 2. The number of rotatable bonds is 3. The fourth-order valence-corrected chi connectivity index (χ4v) is 1.68. The molecule has 1 rings (SSSR count). The highest BCUT2D eigenvalue weighted by Crippen LogP contribution is 2.25. The molecule has 0 N–H and O–H groups in total. The highest BCUT2D eigenvalue weighted by atomic mass is 79.9. The number of halogens is 2. The Hall–Kier alpha value is -0.350. The number of ether oxygens (including phenoxy) is 1. The quantitative estimate of drug-likeness (QED) is 0.629. The molecule has 0 radical (unpaired) electrons. The number of benzene rings is 1. The molecule has 76 valence electrons. The van der Waals surface area contributed by atoms with Crippen LogP contribution in [0.1, 0.15) is 17.3 Å². The molecule has 0 aliphatic rings. The van der Waals surface area contributed by atoms with E-state index in [1.807, 2.05) is 24.3 Å². The van der Waals surface area contributed by atoms with Gasteiger partial charge in [0.2, 0.25) is 0 Å². The predicted octanol–water partition coefficient (Wildman–Crippen LogP) is 3.45. The zero-order valence-corrected chi connectivity index (χ0v) is 10.8. The minimum Gasteiger partial charge on any atom is -0.465 e. The van der Waals surface area contributed by atoms with Crippen LogP contribution in [0.2, 0.25) is 0 Å². The summed E-state index contributed by atoms with van der Waals surface area (Å²) in [5.41, 5.74) is 0.895. The molecule has 0 heterocycles. The minimum absolute atomic E-state index is 0.255. The summed E-state index contributed by atoms with van der Waals surface area (Å²) in [4.78, 5) is 11.0. The van der Waals surface area contributed by atoms with Crippen LogP contribution in [0, 0.1) is 0 Å². The largest absolute Gasteiger partial charge is 0.465 e. The van der Waals surface area contributed by atoms with Gasteiger partial charge in [-0.2, -0.15) is 0 Å². The molecule has 0 saturated heterocycles. The van der Waals surface area contributed by atoms with Gasteiger partial charge in [-0.15, -0.1) is 0 Å². The number of carbonyl (C=O) groups is 1. The Labute approximate surface area is 99.9 Å². The Morgan fingerprint density at radius 3 is 2.50 bits per heavy atom. The molecule has 1 atom stereocenters. The Morgan fingerprint density at radius 2 is 2.00 bits per heavy atom. The second-order valence-corrected chi connectivity index (χ2v) is 4.50. The predicted molar refractivity (Wildman–Crippen MR) is 62.4 cm³/mol. The molecule has 0 fully saturated rings. The zero-order valence-electron chi connectivity index (χ0n) is 7.67. The van der Waals surface area contributed by atoms with Crippen molar-refractivity contribution in [3.8, 4) is 0 Å². The lowest BCUT2D eigenvalue weighted by Crippen LogP contribution is -2.10. The number of hydrogen-bond donors (Lipinski definition) is 0. The molecule has 0 unspecified atom stereocenters. The van der Waals surface area contributed by atoms with E-state index in [1.165, 1.54) is 0 Å². The molecule has 1 aromatic rings. The molecule has 0 saturated carbocycles. The summed E-state index contributed by atoms with van der Waals surface area (Å²) in [6, 6.07) is 7.53. The van der Waals surface area contributed by atoms with E-state index in [0.717, 1.165) is 10.0 Å². The lowest BCUT2D eigenvalue weighted by Gasteiger charge is -2.08. The third-order valence-electron chi connectivity index (χ3n) is 1.66. The molecule has 0 aliphatic heterocycles. The fraction of sp³-hybridized carbons (Fsp3) is 0.300. The number of esters is 1. The third kappa shape index (κ3) is 3.10. The van der Waals surface area contributed by atoms with Crippen LogP contribution in [-0.2, 0) is 9.53 Å². The van der Waals surface area contributed by atoms with Gasteiger partial charge in [0.1, 0.15) is 4.83 Å². The van der Waals surface area contributed by atoms with E-state index in [0.29, 0.717) is 6.61 Å². The Balaban J connectivity index is 2.73. The van der Waals surface area contributed by atoms with Crippen molar-refractivity contribution in [1.29, 1.82) is 0 Å². The fourth-order valence-electron chi connectivity index (χ4n) is 0.983. The van der Waals surface area contributed by atoms with Crippen LogP contribution in [0.15, 0.2) is 28.7 Å². The maximum atomic E-state index is 11.3. The first kappa shape index (κ1) is 11.7. The van der Waals surface area contributed by atoms with Gasteiger partial charge in [-0.1, -0.05) is 44.0 Å². The highest BCUT2D eigenvalue weighted by molar-refractivity contribution is 9.10. The van der Waals surface area contributed by atoms with Crippen molar-refractivity contribution in [3.63, 3.8) is 0 Å². The smallest absolute Gasteiger partial charge is 0.324 e. The first-order valence-corrected chi connectivity index (χ1v) is 5.92. The molecular weight excluding hydrogens is 312 g/mol. The molecule has 0 aromatic heterocycles. The van der Waals surface area contributed by atoms with Gasteiger partial charge in [-0.3, -0.25) is 4.79 Å². The van der Waals surface area contributed by atoms with Gasteiger partial charge in [-0.05, 0) is 24.6 Å². The first-order chi connectivity index (χ1) is 6.65. The number of alkyl halides is 1. The van der Waals surface area contributed by atoms with Gasteiger partial charge in [0.05, 0.1) is 6.61 Å². The highest BCUT2D eigenvalue weighted by Gasteiger charge is 2.17. The SMILES string of the molecule is CCOC(=O)[C@@H](Br)c1ccc(Br)cc1. The maximum Gasteiger partial charge on any atom is 0.324 e. The normalized spacial score (nSPS) is 12.2. The average molecular weight is 322 g/mol. The van der Waals surface area contributed by atoms with Crippen LogP contribution < -0.4 is 0 Å². The summed E-state index contributed by atoms with van der Waals surface area (Å²) in [6.45, 7) is 2.19. The van der Waals surface area contributed by atoms with Gasteiger partial charge in [-0.25, -0.2) is 0 Å². The van der Waals surface area contributed by atoms with Crippen molar-refractivity contribution in [2.75, 3.05) is 6.61 Å². The summed E-state index contributed by atoms with van der Waals surface area (Å²) >= 11 is 6.62. The van der Waals surface area contributed by atoms with Gasteiger partial charge in [0.25, 0.3) is 0 Å². The van der Waals surface area contributed by atoms with Crippen molar-refractivity contribution in [3.05, 3.63) is 34.3 Å². The molecule has 0 bridgehead atoms. The molecule has 2 nitrogen and oxygen atoms in total. The molecule has 4 heteroatoms. The van der Waals surface area contributed by atoms with Crippen LogP contribution in [0.3, 0.4) is 0 Å². The van der Waals surface area contributed by atoms with E-state index < -0.39 is 0 Å². The summed E-state index contributed by atoms with van der Waals surface area (Å²) < 4.78 is 5.88. The van der Waals surface area contributed by atoms with Crippen LogP contribution in [0.4, 0.5) is 0 Å². The number of carbonyl (C=O) groups excluding carboxylic acids is 1. The van der Waals surface area contributed by atoms with Crippen molar-refractivity contribution < 1.29 is 9.53 Å². The Kier molecular flexibility index (Phi) is 4.62. The second kappa shape index (κ2) is 5.51. The molecule has 14 heavy (non-hydrogen) atoms. The molecule has 0 aliphatic carbocycles. The van der Waals surface area contributed by atoms with Crippen molar-refractivity contribution >= 4 is 37.8 Å². The van der Waals surface area contributed by atoms with Gasteiger partial charge < -0.3 is 4.74 Å². The van der Waals surface area contributed by atoms with Crippen LogP contribution in [-0.4, -0.2) is 12.6 Å².